The van der Waals surface area contributed by atoms with Gasteiger partial charge in [-0.25, -0.2) is 0 Å². The topological polar surface area (TPSA) is 64.9 Å². The van der Waals surface area contributed by atoms with Gasteiger partial charge in [0, 0.05) is 6.42 Å². The van der Waals surface area contributed by atoms with Crippen molar-refractivity contribution >= 4 is 0 Å². The fourth-order valence-electron chi connectivity index (χ4n) is 1.12. The SMILES string of the molecule is CC(C)Cc1nnc(C(N)C(C)C)o1. The van der Waals surface area contributed by atoms with Crippen LogP contribution in [0.5, 0.6) is 0 Å². The molecule has 1 unspecified atom stereocenters. The van der Waals surface area contributed by atoms with Gasteiger partial charge in [0.1, 0.15) is 0 Å². The molecule has 0 aliphatic carbocycles. The van der Waals surface area contributed by atoms with E-state index in [2.05, 4.69) is 24.0 Å². The van der Waals surface area contributed by atoms with Gasteiger partial charge in [-0.3, -0.25) is 0 Å². The van der Waals surface area contributed by atoms with E-state index in [0.29, 0.717) is 23.6 Å². The van der Waals surface area contributed by atoms with Crippen LogP contribution in [0.3, 0.4) is 0 Å². The van der Waals surface area contributed by atoms with E-state index in [0.717, 1.165) is 6.42 Å². The summed E-state index contributed by atoms with van der Waals surface area (Å²) in [5, 5.41) is 7.91. The van der Waals surface area contributed by atoms with Gasteiger partial charge in [0.25, 0.3) is 0 Å². The minimum Gasteiger partial charge on any atom is -0.424 e. The molecule has 0 radical (unpaired) electrons. The number of aromatic nitrogens is 2. The fourth-order valence-corrected chi connectivity index (χ4v) is 1.12. The quantitative estimate of drug-likeness (QED) is 0.801. The molecule has 0 aliphatic heterocycles. The molecule has 0 aliphatic rings. The second-order valence-electron chi connectivity index (χ2n) is 4.40. The number of nitrogens with two attached hydrogens (primary N) is 1. The minimum atomic E-state index is -0.150. The number of hydrogen-bond donors (Lipinski definition) is 1. The van der Waals surface area contributed by atoms with E-state index in [-0.39, 0.29) is 6.04 Å². The van der Waals surface area contributed by atoms with E-state index in [1.54, 1.807) is 0 Å². The van der Waals surface area contributed by atoms with Crippen molar-refractivity contribution in [3.05, 3.63) is 11.8 Å². The summed E-state index contributed by atoms with van der Waals surface area (Å²) in [4.78, 5) is 0. The number of hydrogen-bond acceptors (Lipinski definition) is 4. The maximum Gasteiger partial charge on any atom is 0.233 e. The van der Waals surface area contributed by atoms with E-state index in [9.17, 15) is 0 Å². The first-order valence-corrected chi connectivity index (χ1v) is 5.08. The van der Waals surface area contributed by atoms with Crippen molar-refractivity contribution < 1.29 is 4.42 Å². The highest BCUT2D eigenvalue weighted by Crippen LogP contribution is 2.18. The van der Waals surface area contributed by atoms with Crippen molar-refractivity contribution in [3.63, 3.8) is 0 Å². The van der Waals surface area contributed by atoms with Crippen molar-refractivity contribution in [2.45, 2.75) is 40.2 Å². The molecule has 0 saturated carbocycles. The van der Waals surface area contributed by atoms with Gasteiger partial charge >= 0.3 is 0 Å². The molecule has 1 aromatic rings. The molecule has 4 heteroatoms. The van der Waals surface area contributed by atoms with E-state index in [1.807, 2.05) is 13.8 Å². The summed E-state index contributed by atoms with van der Waals surface area (Å²) < 4.78 is 5.47. The van der Waals surface area contributed by atoms with Gasteiger partial charge in [-0.15, -0.1) is 10.2 Å². The maximum atomic E-state index is 5.89. The molecular weight excluding hydrogens is 178 g/mol. The highest BCUT2D eigenvalue weighted by Gasteiger charge is 2.17. The van der Waals surface area contributed by atoms with Gasteiger partial charge < -0.3 is 10.2 Å². The summed E-state index contributed by atoms with van der Waals surface area (Å²) in [6.45, 7) is 8.31. The van der Waals surface area contributed by atoms with Crippen molar-refractivity contribution in [2.24, 2.45) is 17.6 Å². The largest absolute Gasteiger partial charge is 0.424 e. The molecule has 14 heavy (non-hydrogen) atoms. The molecule has 4 nitrogen and oxygen atoms in total. The number of nitrogens with zero attached hydrogens (tertiary/aromatic N) is 2. The first kappa shape index (κ1) is 11.2. The Hall–Kier alpha value is -0.900. The molecule has 1 atom stereocenters. The van der Waals surface area contributed by atoms with Gasteiger partial charge in [-0.2, -0.15) is 0 Å². The van der Waals surface area contributed by atoms with Crippen LogP contribution in [0, 0.1) is 11.8 Å². The van der Waals surface area contributed by atoms with Crippen LogP contribution in [0.1, 0.15) is 45.5 Å². The van der Waals surface area contributed by atoms with Gasteiger partial charge in [0.2, 0.25) is 11.8 Å². The Kier molecular flexibility index (Phi) is 3.63. The Balaban J connectivity index is 2.67. The standard InChI is InChI=1S/C10H19N3O/c1-6(2)5-8-12-13-10(14-8)9(11)7(3)4/h6-7,9H,5,11H2,1-4H3. The highest BCUT2D eigenvalue weighted by atomic mass is 16.4. The van der Waals surface area contributed by atoms with E-state index >= 15 is 0 Å². The molecule has 2 N–H and O–H groups in total. The van der Waals surface area contributed by atoms with Crippen LogP contribution >= 0.6 is 0 Å². The maximum absolute atomic E-state index is 5.89. The summed E-state index contributed by atoms with van der Waals surface area (Å²) in [6.07, 6.45) is 0.817. The van der Waals surface area contributed by atoms with Crippen LogP contribution in [0.15, 0.2) is 4.42 Å². The van der Waals surface area contributed by atoms with Gasteiger partial charge in [-0.05, 0) is 11.8 Å². The third kappa shape index (κ3) is 2.80. The van der Waals surface area contributed by atoms with Crippen molar-refractivity contribution in [1.82, 2.24) is 10.2 Å². The van der Waals surface area contributed by atoms with Crippen molar-refractivity contribution in [2.75, 3.05) is 0 Å². The second kappa shape index (κ2) is 4.55. The third-order valence-electron chi connectivity index (χ3n) is 2.07. The van der Waals surface area contributed by atoms with Gasteiger partial charge in [0.15, 0.2) is 0 Å². The van der Waals surface area contributed by atoms with Crippen molar-refractivity contribution in [3.8, 4) is 0 Å². The lowest BCUT2D eigenvalue weighted by atomic mass is 10.1. The molecule has 0 aromatic carbocycles. The average molecular weight is 197 g/mol. The first-order chi connectivity index (χ1) is 6.50. The Morgan fingerprint density at radius 1 is 1.21 bits per heavy atom. The second-order valence-corrected chi connectivity index (χ2v) is 4.40. The lowest BCUT2D eigenvalue weighted by Crippen LogP contribution is -2.16. The molecule has 0 amide bonds. The van der Waals surface area contributed by atoms with Crippen LogP contribution in [0.4, 0.5) is 0 Å². The van der Waals surface area contributed by atoms with Crippen LogP contribution in [0.2, 0.25) is 0 Å². The number of rotatable bonds is 4. The lowest BCUT2D eigenvalue weighted by molar-refractivity contribution is 0.362. The zero-order valence-electron chi connectivity index (χ0n) is 9.32. The molecule has 1 heterocycles. The Bertz CT molecular complexity index is 281. The average Bonchev–Trinajstić information content (AvgIpc) is 2.50. The zero-order valence-corrected chi connectivity index (χ0v) is 9.32. The fraction of sp³-hybridized carbons (Fsp3) is 0.800. The van der Waals surface area contributed by atoms with E-state index in [4.69, 9.17) is 10.2 Å². The molecular formula is C10H19N3O. The molecule has 0 fully saturated rings. The summed E-state index contributed by atoms with van der Waals surface area (Å²) in [5.41, 5.74) is 5.89. The summed E-state index contributed by atoms with van der Waals surface area (Å²) in [6, 6.07) is -0.150. The summed E-state index contributed by atoms with van der Waals surface area (Å²) in [7, 11) is 0. The van der Waals surface area contributed by atoms with Gasteiger partial charge in [-0.1, -0.05) is 27.7 Å². The predicted octanol–water partition coefficient (Wildman–Crippen LogP) is 1.92. The van der Waals surface area contributed by atoms with Crippen LogP contribution < -0.4 is 5.73 Å². The van der Waals surface area contributed by atoms with Crippen LogP contribution in [-0.2, 0) is 6.42 Å². The monoisotopic (exact) mass is 197 g/mol. The molecule has 80 valence electrons. The molecule has 1 aromatic heterocycles. The Labute approximate surface area is 84.9 Å². The van der Waals surface area contributed by atoms with E-state index in [1.165, 1.54) is 0 Å². The molecule has 0 bridgehead atoms. The molecule has 1 rings (SSSR count). The highest BCUT2D eigenvalue weighted by molar-refractivity contribution is 4.90. The zero-order chi connectivity index (χ0) is 10.7. The third-order valence-corrected chi connectivity index (χ3v) is 2.07. The minimum absolute atomic E-state index is 0.150. The lowest BCUT2D eigenvalue weighted by Gasteiger charge is -2.09. The Morgan fingerprint density at radius 3 is 2.36 bits per heavy atom. The van der Waals surface area contributed by atoms with Crippen molar-refractivity contribution in [1.29, 1.82) is 0 Å². The summed E-state index contributed by atoms with van der Waals surface area (Å²) in [5.74, 6) is 2.09. The first-order valence-electron chi connectivity index (χ1n) is 5.08. The van der Waals surface area contributed by atoms with Crippen LogP contribution in [-0.4, -0.2) is 10.2 Å². The predicted molar refractivity (Wildman–Crippen MR) is 54.6 cm³/mol. The van der Waals surface area contributed by atoms with Crippen LogP contribution in [0.25, 0.3) is 0 Å². The molecule has 0 saturated heterocycles. The van der Waals surface area contributed by atoms with E-state index < -0.39 is 0 Å². The smallest absolute Gasteiger partial charge is 0.233 e. The normalized spacial score (nSPS) is 13.9. The van der Waals surface area contributed by atoms with Gasteiger partial charge in [0.05, 0.1) is 6.04 Å². The molecule has 0 spiro atoms. The Morgan fingerprint density at radius 2 is 1.86 bits per heavy atom. The summed E-state index contributed by atoms with van der Waals surface area (Å²) >= 11 is 0.